The lowest BCUT2D eigenvalue weighted by Crippen LogP contribution is -2.47. The summed E-state index contributed by atoms with van der Waals surface area (Å²) in [6, 6.07) is -1.85. The van der Waals surface area contributed by atoms with Crippen LogP contribution in [0.1, 0.15) is 51.9 Å². The summed E-state index contributed by atoms with van der Waals surface area (Å²) in [5, 5.41) is 13.0. The molecule has 0 fully saturated rings. The van der Waals surface area contributed by atoms with Gasteiger partial charge < -0.3 is 35.0 Å². The van der Waals surface area contributed by atoms with Crippen LogP contribution in [0.4, 0.5) is 4.79 Å². The van der Waals surface area contributed by atoms with Crippen molar-refractivity contribution in [3.8, 4) is 0 Å². The fraction of sp³-hybridized carbons (Fsp3) is 0.700. The van der Waals surface area contributed by atoms with Gasteiger partial charge in [-0.3, -0.25) is 9.59 Å². The Morgan fingerprint density at radius 1 is 1.06 bits per heavy atom. The van der Waals surface area contributed by atoms with E-state index in [4.69, 9.17) is 5.11 Å². The Hall–Kier alpha value is -2.43. The highest BCUT2D eigenvalue weighted by Gasteiger charge is 2.20. The van der Waals surface area contributed by atoms with Crippen molar-refractivity contribution in [3.63, 3.8) is 0 Å². The molecular weight excluding hydrogens is 426 g/mol. The fourth-order valence-corrected chi connectivity index (χ4v) is 3.50. The maximum absolute atomic E-state index is 12.3. The molecule has 3 unspecified atom stereocenters. The number of carbonyl (C=O) groups is 6. The van der Waals surface area contributed by atoms with Crippen molar-refractivity contribution in [2.24, 2.45) is 0 Å². The molecule has 10 nitrogen and oxygen atoms in total. The Kier molecular flexibility index (Phi) is 15.9. The van der Waals surface area contributed by atoms with Crippen LogP contribution in [0.25, 0.3) is 0 Å². The summed E-state index contributed by atoms with van der Waals surface area (Å²) < 4.78 is 0. The Balaban J connectivity index is 4.34. The van der Waals surface area contributed by atoms with Gasteiger partial charge in [0.2, 0.25) is 5.91 Å². The minimum Gasteiger partial charge on any atom is -0.481 e. The second-order valence-electron chi connectivity index (χ2n) is 7.24. The molecule has 3 N–H and O–H groups in total. The molecule has 0 heterocycles. The van der Waals surface area contributed by atoms with E-state index >= 15 is 0 Å². The molecule has 0 aromatic heterocycles. The van der Waals surface area contributed by atoms with Gasteiger partial charge in [0, 0.05) is 44.6 Å². The lowest BCUT2D eigenvalue weighted by atomic mass is 10.2. The number of carboxylic acids is 1. The van der Waals surface area contributed by atoms with Crippen molar-refractivity contribution < 1.29 is 33.9 Å². The number of thioether (sulfide) groups is 1. The first-order valence-corrected chi connectivity index (χ1v) is 11.3. The largest absolute Gasteiger partial charge is 0.481 e. The van der Waals surface area contributed by atoms with Crippen LogP contribution in [-0.2, 0) is 24.0 Å². The number of carbonyl (C=O) groups excluding carboxylic acids is 5. The number of carboxylic acid groups (broad SMARTS) is 1. The van der Waals surface area contributed by atoms with E-state index in [-0.39, 0.29) is 37.0 Å². The number of hydrogen-bond acceptors (Lipinski definition) is 7. The summed E-state index contributed by atoms with van der Waals surface area (Å²) in [5.74, 6) is -1.04. The second-order valence-corrected chi connectivity index (χ2v) is 8.51. The van der Waals surface area contributed by atoms with E-state index < -0.39 is 23.3 Å². The van der Waals surface area contributed by atoms with E-state index in [1.165, 1.54) is 0 Å². The smallest absolute Gasteiger partial charge is 0.315 e. The number of unbranched alkanes of at least 4 members (excludes halogenated alkanes) is 3. The van der Waals surface area contributed by atoms with E-state index in [1.54, 1.807) is 18.9 Å². The summed E-state index contributed by atoms with van der Waals surface area (Å²) >= 11 is 1.10. The highest BCUT2D eigenvalue weighted by Crippen LogP contribution is 2.15. The van der Waals surface area contributed by atoms with Gasteiger partial charge in [-0.2, -0.15) is 0 Å². The van der Waals surface area contributed by atoms with Gasteiger partial charge in [-0.1, -0.05) is 6.42 Å². The molecule has 0 aliphatic heterocycles. The van der Waals surface area contributed by atoms with E-state index in [0.717, 1.165) is 37.3 Å². The monoisotopic (exact) mass is 459 g/mol. The molecule has 176 valence electrons. The average molecular weight is 460 g/mol. The SMILES string of the molecule is CC(CCC(=O)O)NC(=O)NC(C=O)CSC(C=O)CC(=O)N(C)CCCCCC=O. The molecule has 0 aromatic rings. The first kappa shape index (κ1) is 28.6. The van der Waals surface area contributed by atoms with Crippen molar-refractivity contribution >= 4 is 48.5 Å². The molecule has 0 aliphatic rings. The summed E-state index contributed by atoms with van der Waals surface area (Å²) in [7, 11) is 1.65. The van der Waals surface area contributed by atoms with Gasteiger partial charge in [0.05, 0.1) is 11.3 Å². The molecular formula is C20H33N3O7S. The van der Waals surface area contributed by atoms with Gasteiger partial charge in [0.1, 0.15) is 18.9 Å². The Morgan fingerprint density at radius 2 is 1.77 bits per heavy atom. The van der Waals surface area contributed by atoms with Crippen molar-refractivity contribution in [2.75, 3.05) is 19.3 Å². The quantitative estimate of drug-likeness (QED) is 0.203. The molecule has 0 rings (SSSR count). The second kappa shape index (κ2) is 17.3. The van der Waals surface area contributed by atoms with E-state index in [2.05, 4.69) is 10.6 Å². The molecule has 3 amide bonds. The minimum absolute atomic E-state index is 0.0109. The zero-order chi connectivity index (χ0) is 23.6. The van der Waals surface area contributed by atoms with Crippen LogP contribution in [0, 0.1) is 0 Å². The lowest BCUT2D eigenvalue weighted by Gasteiger charge is -2.20. The van der Waals surface area contributed by atoms with Gasteiger partial charge in [-0.05, 0) is 26.2 Å². The van der Waals surface area contributed by atoms with E-state index in [1.807, 2.05) is 0 Å². The predicted octanol–water partition coefficient (Wildman–Crippen LogP) is 1.01. The summed E-state index contributed by atoms with van der Waals surface area (Å²) in [5.41, 5.74) is 0. The average Bonchev–Trinajstić information content (AvgIpc) is 2.73. The van der Waals surface area contributed by atoms with Crippen LogP contribution >= 0.6 is 11.8 Å². The fourth-order valence-electron chi connectivity index (χ4n) is 2.54. The van der Waals surface area contributed by atoms with Crippen LogP contribution in [0.3, 0.4) is 0 Å². The number of urea groups is 1. The van der Waals surface area contributed by atoms with Gasteiger partial charge in [0.25, 0.3) is 0 Å². The van der Waals surface area contributed by atoms with E-state index in [9.17, 15) is 28.8 Å². The number of nitrogens with zero attached hydrogens (tertiary/aromatic N) is 1. The molecule has 0 aliphatic carbocycles. The zero-order valence-corrected chi connectivity index (χ0v) is 18.9. The molecule has 31 heavy (non-hydrogen) atoms. The third-order valence-corrected chi connectivity index (χ3v) is 5.67. The molecule has 0 radical (unpaired) electrons. The van der Waals surface area contributed by atoms with Crippen molar-refractivity contribution in [3.05, 3.63) is 0 Å². The first-order chi connectivity index (χ1) is 14.7. The van der Waals surface area contributed by atoms with Crippen LogP contribution in [0.15, 0.2) is 0 Å². The van der Waals surface area contributed by atoms with Gasteiger partial charge >= 0.3 is 12.0 Å². The third-order valence-electron chi connectivity index (χ3n) is 4.41. The maximum atomic E-state index is 12.3. The molecule has 0 spiro atoms. The van der Waals surface area contributed by atoms with Gasteiger partial charge in [-0.15, -0.1) is 11.8 Å². The highest BCUT2D eigenvalue weighted by atomic mass is 32.2. The minimum atomic E-state index is -0.964. The molecule has 0 saturated heterocycles. The number of amides is 3. The third kappa shape index (κ3) is 15.1. The predicted molar refractivity (Wildman–Crippen MR) is 117 cm³/mol. The number of aliphatic carboxylic acids is 1. The van der Waals surface area contributed by atoms with Crippen molar-refractivity contribution in [1.29, 1.82) is 0 Å². The summed E-state index contributed by atoms with van der Waals surface area (Å²) in [4.78, 5) is 69.1. The van der Waals surface area contributed by atoms with Crippen LogP contribution < -0.4 is 10.6 Å². The molecule has 3 atom stereocenters. The standard InChI is InChI=1S/C20H33N3O7S/c1-15(7-8-19(28)29)21-20(30)22-16(12-25)14-31-17(13-26)11-18(27)23(2)9-5-3-4-6-10-24/h10,12-13,15-17H,3-9,11,14H2,1-2H3,(H,28,29)(H2,21,22,30). The highest BCUT2D eigenvalue weighted by molar-refractivity contribution is 8.00. The number of nitrogens with one attached hydrogen (secondary N) is 2. The van der Waals surface area contributed by atoms with Crippen molar-refractivity contribution in [2.45, 2.75) is 69.2 Å². The van der Waals surface area contributed by atoms with Crippen molar-refractivity contribution in [1.82, 2.24) is 15.5 Å². The lowest BCUT2D eigenvalue weighted by molar-refractivity contribution is -0.137. The topological polar surface area (TPSA) is 150 Å². The molecule has 0 saturated carbocycles. The molecule has 11 heteroatoms. The Morgan fingerprint density at radius 3 is 2.35 bits per heavy atom. The van der Waals surface area contributed by atoms with Gasteiger partial charge in [-0.25, -0.2) is 4.79 Å². The van der Waals surface area contributed by atoms with Gasteiger partial charge in [0.15, 0.2) is 0 Å². The number of rotatable bonds is 18. The van der Waals surface area contributed by atoms with Crippen LogP contribution in [0.5, 0.6) is 0 Å². The van der Waals surface area contributed by atoms with Crippen LogP contribution in [0.2, 0.25) is 0 Å². The molecule has 0 bridgehead atoms. The summed E-state index contributed by atoms with van der Waals surface area (Å²) in [6.45, 7) is 2.19. The maximum Gasteiger partial charge on any atom is 0.315 e. The van der Waals surface area contributed by atoms with E-state index in [0.29, 0.717) is 25.5 Å². The van der Waals surface area contributed by atoms with Crippen LogP contribution in [-0.4, -0.2) is 83.5 Å². The Labute approximate surface area is 186 Å². The first-order valence-electron chi connectivity index (χ1n) is 10.2. The summed E-state index contributed by atoms with van der Waals surface area (Å²) in [6.07, 6.45) is 5.11. The Bertz CT molecular complexity index is 603. The normalized spacial score (nSPS) is 13.4. The molecule has 0 aromatic carbocycles. The number of hydrogen-bond donors (Lipinski definition) is 3. The number of aldehydes is 3. The zero-order valence-electron chi connectivity index (χ0n) is 18.1.